The Labute approximate surface area is 124 Å². The van der Waals surface area contributed by atoms with E-state index in [1.807, 2.05) is 50.2 Å². The van der Waals surface area contributed by atoms with E-state index in [-0.39, 0.29) is 12.5 Å². The van der Waals surface area contributed by atoms with Gasteiger partial charge in [0.25, 0.3) is 0 Å². The van der Waals surface area contributed by atoms with Gasteiger partial charge in [0, 0.05) is 11.8 Å². The highest BCUT2D eigenvalue weighted by Crippen LogP contribution is 2.17. The highest BCUT2D eigenvalue weighted by molar-refractivity contribution is 6.02. The van der Waals surface area contributed by atoms with Crippen LogP contribution in [-0.2, 0) is 11.4 Å². The molecule has 0 saturated heterocycles. The third-order valence-corrected chi connectivity index (χ3v) is 3.25. The van der Waals surface area contributed by atoms with Crippen molar-refractivity contribution in [2.75, 3.05) is 5.32 Å². The Morgan fingerprint density at radius 3 is 2.52 bits per heavy atom. The topological polar surface area (TPSA) is 49.3 Å². The van der Waals surface area contributed by atoms with Gasteiger partial charge in [-0.3, -0.25) is 4.79 Å². The number of nitrogens with one attached hydrogen (secondary N) is 1. The maximum absolute atomic E-state index is 11.9. The van der Waals surface area contributed by atoms with Crippen molar-refractivity contribution >= 4 is 17.7 Å². The van der Waals surface area contributed by atoms with Crippen molar-refractivity contribution < 1.29 is 9.90 Å². The van der Waals surface area contributed by atoms with Crippen LogP contribution in [0.2, 0.25) is 0 Å². The quantitative estimate of drug-likeness (QED) is 0.843. The maximum atomic E-state index is 11.9. The summed E-state index contributed by atoms with van der Waals surface area (Å²) in [5.74, 6) is -0.186. The number of carbonyl (C=O) groups excluding carboxylic acids is 1. The van der Waals surface area contributed by atoms with Crippen molar-refractivity contribution in [2.45, 2.75) is 20.5 Å². The van der Waals surface area contributed by atoms with Gasteiger partial charge in [-0.05, 0) is 42.7 Å². The molecule has 0 saturated carbocycles. The molecule has 2 aromatic carbocycles. The summed E-state index contributed by atoms with van der Waals surface area (Å²) in [5.41, 5.74) is 4.63. The van der Waals surface area contributed by atoms with Gasteiger partial charge in [-0.15, -0.1) is 0 Å². The molecule has 108 valence electrons. The molecule has 0 heterocycles. The number of rotatable bonds is 4. The Balaban J connectivity index is 2.06. The van der Waals surface area contributed by atoms with Crippen LogP contribution >= 0.6 is 0 Å². The van der Waals surface area contributed by atoms with Crippen molar-refractivity contribution in [1.82, 2.24) is 0 Å². The van der Waals surface area contributed by atoms with Gasteiger partial charge in [0.15, 0.2) is 0 Å². The summed E-state index contributed by atoms with van der Waals surface area (Å²) in [6.45, 7) is 3.90. The van der Waals surface area contributed by atoms with Gasteiger partial charge in [0.1, 0.15) is 0 Å². The van der Waals surface area contributed by atoms with E-state index in [2.05, 4.69) is 5.32 Å². The SMILES string of the molecule is Cc1ccc(/C=C/C(=O)Nc2cc(CO)ccc2C)cc1. The van der Waals surface area contributed by atoms with E-state index < -0.39 is 0 Å². The maximum Gasteiger partial charge on any atom is 0.248 e. The summed E-state index contributed by atoms with van der Waals surface area (Å²) in [4.78, 5) is 11.9. The van der Waals surface area contributed by atoms with Crippen molar-refractivity contribution in [3.8, 4) is 0 Å². The number of aliphatic hydroxyl groups excluding tert-OH is 1. The van der Waals surface area contributed by atoms with E-state index in [9.17, 15) is 4.79 Å². The molecule has 0 fully saturated rings. The van der Waals surface area contributed by atoms with E-state index in [0.29, 0.717) is 0 Å². The van der Waals surface area contributed by atoms with Gasteiger partial charge in [-0.25, -0.2) is 0 Å². The molecule has 0 unspecified atom stereocenters. The van der Waals surface area contributed by atoms with Gasteiger partial charge in [-0.1, -0.05) is 42.0 Å². The van der Waals surface area contributed by atoms with E-state index >= 15 is 0 Å². The van der Waals surface area contributed by atoms with Crippen molar-refractivity contribution in [3.63, 3.8) is 0 Å². The first-order chi connectivity index (χ1) is 10.1. The van der Waals surface area contributed by atoms with E-state index in [0.717, 1.165) is 22.4 Å². The smallest absolute Gasteiger partial charge is 0.248 e. The fourth-order valence-electron chi connectivity index (χ4n) is 1.93. The van der Waals surface area contributed by atoms with Crippen LogP contribution in [0.3, 0.4) is 0 Å². The lowest BCUT2D eigenvalue weighted by Gasteiger charge is -2.08. The number of amides is 1. The second kappa shape index (κ2) is 6.86. The second-order valence-corrected chi connectivity index (χ2v) is 5.04. The predicted octanol–water partition coefficient (Wildman–Crippen LogP) is 3.45. The first-order valence-electron chi connectivity index (χ1n) is 6.84. The standard InChI is InChI=1S/C18H19NO2/c1-13-3-6-15(7-4-13)9-10-18(21)19-17-11-16(12-20)8-5-14(17)2/h3-11,20H,12H2,1-2H3,(H,19,21)/b10-9+. The molecule has 2 rings (SSSR count). The molecular weight excluding hydrogens is 262 g/mol. The Bertz CT molecular complexity index is 657. The first kappa shape index (κ1) is 15.0. The van der Waals surface area contributed by atoms with Crippen LogP contribution in [0.1, 0.15) is 22.3 Å². The molecule has 0 atom stereocenters. The Kier molecular flexibility index (Phi) is 4.90. The lowest BCUT2D eigenvalue weighted by molar-refractivity contribution is -0.111. The lowest BCUT2D eigenvalue weighted by atomic mass is 10.1. The zero-order valence-electron chi connectivity index (χ0n) is 12.3. The number of benzene rings is 2. The van der Waals surface area contributed by atoms with Crippen LogP contribution in [0.15, 0.2) is 48.5 Å². The molecule has 21 heavy (non-hydrogen) atoms. The number of anilines is 1. The molecule has 0 bridgehead atoms. The third kappa shape index (κ3) is 4.29. The van der Waals surface area contributed by atoms with Gasteiger partial charge < -0.3 is 10.4 Å². The van der Waals surface area contributed by atoms with Crippen LogP contribution < -0.4 is 5.32 Å². The number of aliphatic hydroxyl groups is 1. The summed E-state index contributed by atoms with van der Waals surface area (Å²) < 4.78 is 0. The molecular formula is C18H19NO2. The average Bonchev–Trinajstić information content (AvgIpc) is 2.49. The zero-order chi connectivity index (χ0) is 15.2. The Hall–Kier alpha value is -2.39. The number of aryl methyl sites for hydroxylation is 2. The normalized spacial score (nSPS) is 10.8. The Morgan fingerprint density at radius 1 is 1.14 bits per heavy atom. The van der Waals surface area contributed by atoms with Crippen molar-refractivity contribution in [2.24, 2.45) is 0 Å². The zero-order valence-corrected chi connectivity index (χ0v) is 12.3. The minimum atomic E-state index is -0.186. The minimum Gasteiger partial charge on any atom is -0.392 e. The van der Waals surface area contributed by atoms with Crippen LogP contribution in [-0.4, -0.2) is 11.0 Å². The number of hydrogen-bond acceptors (Lipinski definition) is 2. The summed E-state index contributed by atoms with van der Waals surface area (Å²) in [6, 6.07) is 13.5. The van der Waals surface area contributed by atoms with E-state index in [4.69, 9.17) is 5.11 Å². The third-order valence-electron chi connectivity index (χ3n) is 3.25. The van der Waals surface area contributed by atoms with Crippen LogP contribution in [0.4, 0.5) is 5.69 Å². The Morgan fingerprint density at radius 2 is 1.86 bits per heavy atom. The number of carbonyl (C=O) groups is 1. The molecule has 0 radical (unpaired) electrons. The summed E-state index contributed by atoms with van der Waals surface area (Å²) in [7, 11) is 0. The van der Waals surface area contributed by atoms with Crippen LogP contribution in [0.25, 0.3) is 6.08 Å². The summed E-state index contributed by atoms with van der Waals surface area (Å²) in [6.07, 6.45) is 3.29. The highest BCUT2D eigenvalue weighted by Gasteiger charge is 2.03. The first-order valence-corrected chi connectivity index (χ1v) is 6.84. The van der Waals surface area contributed by atoms with Crippen LogP contribution in [0, 0.1) is 13.8 Å². The molecule has 0 aliphatic carbocycles. The van der Waals surface area contributed by atoms with Gasteiger partial charge in [-0.2, -0.15) is 0 Å². The second-order valence-electron chi connectivity index (χ2n) is 5.04. The molecule has 2 aromatic rings. The molecule has 0 spiro atoms. The molecule has 2 N–H and O–H groups in total. The van der Waals surface area contributed by atoms with Crippen LogP contribution in [0.5, 0.6) is 0 Å². The monoisotopic (exact) mass is 281 g/mol. The lowest BCUT2D eigenvalue weighted by Crippen LogP contribution is -2.09. The minimum absolute atomic E-state index is 0.0393. The van der Waals surface area contributed by atoms with Crippen molar-refractivity contribution in [1.29, 1.82) is 0 Å². The summed E-state index contributed by atoms with van der Waals surface area (Å²) in [5, 5.41) is 12.0. The molecule has 0 aliphatic rings. The average molecular weight is 281 g/mol. The molecule has 3 heteroatoms. The van der Waals surface area contributed by atoms with Gasteiger partial charge in [0.2, 0.25) is 5.91 Å². The highest BCUT2D eigenvalue weighted by atomic mass is 16.3. The summed E-state index contributed by atoms with van der Waals surface area (Å²) >= 11 is 0. The molecule has 0 aliphatic heterocycles. The number of hydrogen-bond donors (Lipinski definition) is 2. The van der Waals surface area contributed by atoms with Gasteiger partial charge >= 0.3 is 0 Å². The molecule has 1 amide bonds. The van der Waals surface area contributed by atoms with Gasteiger partial charge in [0.05, 0.1) is 6.61 Å². The molecule has 3 nitrogen and oxygen atoms in total. The fourth-order valence-corrected chi connectivity index (χ4v) is 1.93. The fraction of sp³-hybridized carbons (Fsp3) is 0.167. The van der Waals surface area contributed by atoms with Crippen molar-refractivity contribution in [3.05, 3.63) is 70.8 Å². The van der Waals surface area contributed by atoms with E-state index in [1.165, 1.54) is 11.6 Å². The predicted molar refractivity (Wildman–Crippen MR) is 85.9 cm³/mol. The molecule has 0 aromatic heterocycles. The van der Waals surface area contributed by atoms with E-state index in [1.54, 1.807) is 12.1 Å². The largest absolute Gasteiger partial charge is 0.392 e.